The number of nitrogens with one attached hydrogen (secondary N) is 2. The molecule has 0 saturated carbocycles. The van der Waals surface area contributed by atoms with Crippen LogP contribution in [0.2, 0.25) is 0 Å². The molecule has 2 aromatic rings. The highest BCUT2D eigenvalue weighted by Crippen LogP contribution is 2.07. The minimum atomic E-state index is -0.480. The average molecular weight is 473 g/mol. The summed E-state index contributed by atoms with van der Waals surface area (Å²) in [5, 5.41) is 8.27. The summed E-state index contributed by atoms with van der Waals surface area (Å²) in [6.07, 6.45) is 2.42. The lowest BCUT2D eigenvalue weighted by molar-refractivity contribution is 0.0600. The van der Waals surface area contributed by atoms with E-state index in [0.717, 1.165) is 0 Å². The number of hydrogen-bond acceptors (Lipinski definition) is 6. The topological polar surface area (TPSA) is 133 Å². The summed E-state index contributed by atoms with van der Waals surface area (Å²) in [5.41, 5.74) is 0.0631. The number of nitriles is 1. The largest absolute Gasteiger partial charge is 0.465 e. The second kappa shape index (κ2) is 9.71. The van der Waals surface area contributed by atoms with Crippen LogP contribution in [0.15, 0.2) is 43.1 Å². The van der Waals surface area contributed by atoms with E-state index in [1.165, 1.54) is 31.6 Å². The zero-order valence-electron chi connectivity index (χ0n) is 12.8. The number of ketones is 1. The van der Waals surface area contributed by atoms with Crippen molar-refractivity contribution in [2.75, 3.05) is 7.11 Å². The summed E-state index contributed by atoms with van der Waals surface area (Å²) < 4.78 is 5.05. The number of aromatic amines is 2. The van der Waals surface area contributed by atoms with Crippen molar-refractivity contribution in [2.45, 2.75) is 6.42 Å². The second-order valence-corrected chi connectivity index (χ2v) is 6.09. The Labute approximate surface area is 158 Å². The number of aromatic nitrogens is 2. The Kier molecular flexibility index (Phi) is 7.97. The van der Waals surface area contributed by atoms with E-state index < -0.39 is 5.97 Å². The zero-order valence-corrected chi connectivity index (χ0v) is 15.9. The van der Waals surface area contributed by atoms with Gasteiger partial charge in [-0.3, -0.25) is 14.4 Å². The number of hydrogen-bond donors (Lipinski definition) is 2. The van der Waals surface area contributed by atoms with Gasteiger partial charge in [0, 0.05) is 18.0 Å². The van der Waals surface area contributed by atoms with Crippen molar-refractivity contribution in [3.63, 3.8) is 0 Å². The Bertz CT molecular complexity index is 943. The van der Waals surface area contributed by atoms with Crippen LogP contribution in [-0.4, -0.2) is 28.8 Å². The molecular weight excluding hydrogens is 462 g/mol. The third-order valence-electron chi connectivity index (χ3n) is 2.70. The molecule has 0 aliphatic carbocycles. The van der Waals surface area contributed by atoms with Crippen LogP contribution in [0, 0.1) is 11.3 Å². The Hall–Kier alpha value is -2.51. The molecule has 0 amide bonds. The first-order chi connectivity index (χ1) is 11.8. The number of methoxy groups -OCH3 is 1. The molecule has 10 heteroatoms. The van der Waals surface area contributed by atoms with E-state index in [1.54, 1.807) is 6.07 Å². The number of nitrogens with zero attached hydrogens (tertiary/aromatic N) is 1. The predicted octanol–water partition coefficient (Wildman–Crippen LogP) is 2.16. The van der Waals surface area contributed by atoms with E-state index in [2.05, 4.69) is 46.6 Å². The van der Waals surface area contributed by atoms with Gasteiger partial charge in [0.25, 0.3) is 11.1 Å². The lowest BCUT2D eigenvalue weighted by Gasteiger charge is -1.97. The third kappa shape index (κ3) is 6.13. The smallest absolute Gasteiger partial charge is 0.339 e. The molecule has 0 aliphatic heterocycles. The summed E-state index contributed by atoms with van der Waals surface area (Å²) in [4.78, 5) is 48.5. The SMILES string of the molecule is COC(=O)c1c[nH]c(=O)c(Br)c1.N#CCC(=O)c1c[nH]c(=O)c(Br)c1. The van der Waals surface area contributed by atoms with Crippen molar-refractivity contribution in [3.05, 3.63) is 65.3 Å². The minimum Gasteiger partial charge on any atom is -0.465 e. The van der Waals surface area contributed by atoms with Crippen molar-refractivity contribution >= 4 is 43.6 Å². The molecule has 25 heavy (non-hydrogen) atoms. The average Bonchev–Trinajstić information content (AvgIpc) is 2.59. The highest BCUT2D eigenvalue weighted by molar-refractivity contribution is 9.10. The number of ether oxygens (including phenoxy) is 1. The van der Waals surface area contributed by atoms with Gasteiger partial charge in [-0.05, 0) is 44.0 Å². The quantitative estimate of drug-likeness (QED) is 0.519. The molecule has 8 nitrogen and oxygen atoms in total. The van der Waals surface area contributed by atoms with Gasteiger partial charge < -0.3 is 14.7 Å². The van der Waals surface area contributed by atoms with Gasteiger partial charge in [0.2, 0.25) is 0 Å². The Balaban J connectivity index is 0.000000251. The molecule has 2 aromatic heterocycles. The van der Waals surface area contributed by atoms with Crippen molar-refractivity contribution in [1.82, 2.24) is 9.97 Å². The maximum Gasteiger partial charge on any atom is 0.339 e. The Morgan fingerprint density at radius 3 is 2.00 bits per heavy atom. The van der Waals surface area contributed by atoms with Gasteiger partial charge >= 0.3 is 5.97 Å². The van der Waals surface area contributed by atoms with Crippen molar-refractivity contribution in [1.29, 1.82) is 5.26 Å². The van der Waals surface area contributed by atoms with E-state index in [4.69, 9.17) is 5.26 Å². The normalized spacial score (nSPS) is 9.36. The van der Waals surface area contributed by atoms with Crippen molar-refractivity contribution in [3.8, 4) is 6.07 Å². The summed E-state index contributed by atoms with van der Waals surface area (Å²) in [7, 11) is 1.28. The first kappa shape index (κ1) is 20.5. The van der Waals surface area contributed by atoms with Gasteiger partial charge in [-0.1, -0.05) is 0 Å². The van der Waals surface area contributed by atoms with Gasteiger partial charge in [0.1, 0.15) is 0 Å². The number of esters is 1. The fraction of sp³-hybridized carbons (Fsp3) is 0.133. The van der Waals surface area contributed by atoms with Gasteiger partial charge in [-0.15, -0.1) is 0 Å². The lowest BCUT2D eigenvalue weighted by Crippen LogP contribution is -2.10. The van der Waals surface area contributed by atoms with Crippen LogP contribution in [0.25, 0.3) is 0 Å². The monoisotopic (exact) mass is 471 g/mol. The van der Waals surface area contributed by atoms with E-state index in [-0.39, 0.29) is 27.8 Å². The van der Waals surface area contributed by atoms with Crippen molar-refractivity contribution in [2.24, 2.45) is 0 Å². The maximum absolute atomic E-state index is 11.1. The molecule has 0 unspecified atom stereocenters. The molecule has 0 atom stereocenters. The molecule has 0 bridgehead atoms. The number of rotatable bonds is 3. The fourth-order valence-electron chi connectivity index (χ4n) is 1.48. The van der Waals surface area contributed by atoms with E-state index in [9.17, 15) is 19.2 Å². The number of H-pyrrole nitrogens is 2. The van der Waals surface area contributed by atoms with Crippen molar-refractivity contribution < 1.29 is 14.3 Å². The zero-order chi connectivity index (χ0) is 19.0. The van der Waals surface area contributed by atoms with Gasteiger partial charge in [-0.2, -0.15) is 5.26 Å². The standard InChI is InChI=1S/C8H5BrN2O2.C7H6BrNO3/c9-6-3-5(4-11-8(6)13)7(12)1-2-10;1-12-7(11)4-2-5(8)6(10)9-3-4/h3-4H,1H2,(H,11,13);2-3H,1H3,(H,9,10). The number of pyridine rings is 2. The van der Waals surface area contributed by atoms with Gasteiger partial charge in [0.15, 0.2) is 5.78 Å². The summed E-state index contributed by atoms with van der Waals surface area (Å²) in [6, 6.07) is 4.55. The Morgan fingerprint density at radius 2 is 1.56 bits per heavy atom. The van der Waals surface area contributed by atoms with Gasteiger partial charge in [-0.25, -0.2) is 4.79 Å². The number of carbonyl (C=O) groups is 2. The molecule has 2 rings (SSSR count). The molecular formula is C15H11Br2N3O5. The third-order valence-corrected chi connectivity index (χ3v) is 3.88. The summed E-state index contributed by atoms with van der Waals surface area (Å²) in [5.74, 6) is -0.786. The minimum absolute atomic E-state index is 0.182. The number of halogens is 2. The van der Waals surface area contributed by atoms with Gasteiger partial charge in [0.05, 0.1) is 34.1 Å². The lowest BCUT2D eigenvalue weighted by atomic mass is 10.1. The maximum atomic E-state index is 11.1. The molecule has 0 radical (unpaired) electrons. The number of Topliss-reactive ketones (excluding diaryl/α,β-unsaturated/α-hetero) is 1. The summed E-state index contributed by atoms with van der Waals surface area (Å²) >= 11 is 5.98. The van der Waals surface area contributed by atoms with E-state index >= 15 is 0 Å². The van der Waals surface area contributed by atoms with Crippen LogP contribution >= 0.6 is 31.9 Å². The molecule has 130 valence electrons. The summed E-state index contributed by atoms with van der Waals surface area (Å²) in [6.45, 7) is 0. The predicted molar refractivity (Wildman–Crippen MR) is 95.4 cm³/mol. The highest BCUT2D eigenvalue weighted by Gasteiger charge is 2.07. The second-order valence-electron chi connectivity index (χ2n) is 4.38. The molecule has 0 fully saturated rings. The molecule has 0 spiro atoms. The van der Waals surface area contributed by atoms with Crippen LogP contribution in [0.4, 0.5) is 0 Å². The van der Waals surface area contributed by atoms with E-state index in [0.29, 0.717) is 15.6 Å². The first-order valence-electron chi connectivity index (χ1n) is 6.55. The van der Waals surface area contributed by atoms with Crippen LogP contribution in [0.3, 0.4) is 0 Å². The fourth-order valence-corrected chi connectivity index (χ4v) is 2.20. The van der Waals surface area contributed by atoms with E-state index in [1.807, 2.05) is 0 Å². The molecule has 2 N–H and O–H groups in total. The molecule has 0 saturated heterocycles. The highest BCUT2D eigenvalue weighted by atomic mass is 79.9. The van der Waals surface area contributed by atoms with Crippen LogP contribution < -0.4 is 11.1 Å². The van der Waals surface area contributed by atoms with Crippen LogP contribution in [0.1, 0.15) is 27.1 Å². The van der Waals surface area contributed by atoms with Crippen LogP contribution in [-0.2, 0) is 4.74 Å². The number of carbonyl (C=O) groups excluding carboxylic acids is 2. The molecule has 2 heterocycles. The first-order valence-corrected chi connectivity index (χ1v) is 8.13. The molecule has 0 aliphatic rings. The molecule has 0 aromatic carbocycles. The Morgan fingerprint density at radius 1 is 1.08 bits per heavy atom. The van der Waals surface area contributed by atoms with Crippen LogP contribution in [0.5, 0.6) is 0 Å².